The first-order valence-corrected chi connectivity index (χ1v) is 4.62. The summed E-state index contributed by atoms with van der Waals surface area (Å²) in [4.78, 5) is 35.4. The lowest BCUT2D eigenvalue weighted by atomic mass is 9.79. The first-order valence-electron chi connectivity index (χ1n) is 4.62. The zero-order chi connectivity index (χ0) is 10.3. The molecule has 5 nitrogen and oxygen atoms in total. The predicted octanol–water partition coefficient (Wildman–Crippen LogP) is -0.729. The molecule has 0 bridgehead atoms. The fraction of sp³-hybridized carbons (Fsp3) is 0.667. The van der Waals surface area contributed by atoms with Gasteiger partial charge in [-0.05, 0) is 6.42 Å². The number of piperidine rings is 1. The monoisotopic (exact) mass is 196 g/mol. The molecule has 2 heterocycles. The van der Waals surface area contributed by atoms with Gasteiger partial charge >= 0.3 is 0 Å². The molecule has 1 atom stereocenters. The Hall–Kier alpha value is -1.39. The molecule has 14 heavy (non-hydrogen) atoms. The number of likely N-dealkylation sites (tertiary alicyclic amines) is 1. The maximum absolute atomic E-state index is 11.6. The summed E-state index contributed by atoms with van der Waals surface area (Å²) in [5, 5.41) is 2.30. The third kappa shape index (κ3) is 1.20. The second-order valence-electron chi connectivity index (χ2n) is 4.08. The van der Waals surface area contributed by atoms with Crippen LogP contribution in [0.5, 0.6) is 0 Å². The Bertz CT molecular complexity index is 326. The normalized spacial score (nSPS) is 32.6. The molecule has 1 N–H and O–H groups in total. The lowest BCUT2D eigenvalue weighted by Crippen LogP contribution is -2.49. The smallest absolute Gasteiger partial charge is 0.235 e. The Morgan fingerprint density at radius 1 is 1.36 bits per heavy atom. The van der Waals surface area contributed by atoms with Crippen LogP contribution in [0.2, 0.25) is 0 Å². The summed E-state index contributed by atoms with van der Waals surface area (Å²) < 4.78 is 0. The highest BCUT2D eigenvalue weighted by molar-refractivity contribution is 6.03. The van der Waals surface area contributed by atoms with Crippen molar-refractivity contribution in [3.8, 4) is 0 Å². The first-order chi connectivity index (χ1) is 6.53. The molecule has 3 amide bonds. The highest BCUT2D eigenvalue weighted by Gasteiger charge is 2.50. The fourth-order valence-electron chi connectivity index (χ4n) is 2.13. The molecule has 0 aromatic rings. The standard InChI is InChI=1S/C9H12N2O3/c1-11-5-9(4-7(11)13)3-2-6(12)10-8(9)14/h2-5H2,1H3,(H,10,12,14). The van der Waals surface area contributed by atoms with Gasteiger partial charge in [-0.3, -0.25) is 19.7 Å². The Kier molecular flexibility index (Phi) is 1.83. The van der Waals surface area contributed by atoms with Crippen LogP contribution in [0, 0.1) is 5.41 Å². The van der Waals surface area contributed by atoms with Crippen molar-refractivity contribution in [1.29, 1.82) is 0 Å². The van der Waals surface area contributed by atoms with E-state index in [1.165, 1.54) is 0 Å². The minimum absolute atomic E-state index is 0.0190. The lowest BCUT2D eigenvalue weighted by Gasteiger charge is -2.29. The Labute approximate surface area is 81.4 Å². The number of amides is 3. The highest BCUT2D eigenvalue weighted by atomic mass is 16.2. The second-order valence-corrected chi connectivity index (χ2v) is 4.08. The Balaban J connectivity index is 2.21. The zero-order valence-electron chi connectivity index (χ0n) is 8.00. The second kappa shape index (κ2) is 2.80. The maximum atomic E-state index is 11.6. The van der Waals surface area contributed by atoms with Gasteiger partial charge in [0.1, 0.15) is 0 Å². The molecule has 0 radical (unpaired) electrons. The lowest BCUT2D eigenvalue weighted by molar-refractivity contribution is -0.142. The van der Waals surface area contributed by atoms with E-state index in [0.29, 0.717) is 19.4 Å². The van der Waals surface area contributed by atoms with Crippen LogP contribution in [-0.4, -0.2) is 36.2 Å². The zero-order valence-corrected chi connectivity index (χ0v) is 8.00. The summed E-state index contributed by atoms with van der Waals surface area (Å²) in [6, 6.07) is 0. The van der Waals surface area contributed by atoms with E-state index < -0.39 is 5.41 Å². The van der Waals surface area contributed by atoms with Crippen LogP contribution < -0.4 is 5.32 Å². The van der Waals surface area contributed by atoms with E-state index >= 15 is 0 Å². The molecule has 2 aliphatic rings. The van der Waals surface area contributed by atoms with Gasteiger partial charge in [-0.1, -0.05) is 0 Å². The van der Waals surface area contributed by atoms with Gasteiger partial charge in [0.2, 0.25) is 17.7 Å². The first kappa shape index (κ1) is 9.18. The van der Waals surface area contributed by atoms with Crippen molar-refractivity contribution in [2.24, 2.45) is 5.41 Å². The third-order valence-corrected chi connectivity index (χ3v) is 3.02. The highest BCUT2D eigenvalue weighted by Crippen LogP contribution is 2.37. The molecule has 0 aliphatic carbocycles. The largest absolute Gasteiger partial charge is 0.345 e. The van der Waals surface area contributed by atoms with Crippen molar-refractivity contribution < 1.29 is 14.4 Å². The van der Waals surface area contributed by atoms with Crippen molar-refractivity contribution in [3.63, 3.8) is 0 Å². The molecule has 1 spiro atoms. The van der Waals surface area contributed by atoms with E-state index in [0.717, 1.165) is 0 Å². The number of imide groups is 1. The Morgan fingerprint density at radius 2 is 2.07 bits per heavy atom. The minimum Gasteiger partial charge on any atom is -0.345 e. The summed E-state index contributed by atoms with van der Waals surface area (Å²) >= 11 is 0. The van der Waals surface area contributed by atoms with Crippen LogP contribution in [0.25, 0.3) is 0 Å². The van der Waals surface area contributed by atoms with E-state index in [1.807, 2.05) is 0 Å². The number of hydrogen-bond acceptors (Lipinski definition) is 3. The minimum atomic E-state index is -0.639. The maximum Gasteiger partial charge on any atom is 0.235 e. The molecule has 2 aliphatic heterocycles. The van der Waals surface area contributed by atoms with Gasteiger partial charge in [0.05, 0.1) is 5.41 Å². The van der Waals surface area contributed by atoms with Crippen molar-refractivity contribution in [3.05, 3.63) is 0 Å². The summed E-state index contributed by atoms with van der Waals surface area (Å²) in [5.41, 5.74) is -0.639. The van der Waals surface area contributed by atoms with Gasteiger partial charge in [-0.15, -0.1) is 0 Å². The van der Waals surface area contributed by atoms with E-state index in [9.17, 15) is 14.4 Å². The summed E-state index contributed by atoms with van der Waals surface area (Å²) in [5.74, 6) is -0.538. The van der Waals surface area contributed by atoms with Crippen LogP contribution in [0.4, 0.5) is 0 Å². The van der Waals surface area contributed by atoms with E-state index in [1.54, 1.807) is 11.9 Å². The van der Waals surface area contributed by atoms with Crippen LogP contribution >= 0.6 is 0 Å². The molecule has 0 aromatic heterocycles. The number of nitrogens with zero attached hydrogens (tertiary/aromatic N) is 1. The molecule has 5 heteroatoms. The predicted molar refractivity (Wildman–Crippen MR) is 47.1 cm³/mol. The number of carbonyl (C=O) groups is 3. The molecule has 2 saturated heterocycles. The quantitative estimate of drug-likeness (QED) is 0.519. The Morgan fingerprint density at radius 3 is 2.57 bits per heavy atom. The number of rotatable bonds is 0. The molecule has 2 fully saturated rings. The summed E-state index contributed by atoms with van der Waals surface area (Å²) in [7, 11) is 1.68. The van der Waals surface area contributed by atoms with Gasteiger partial charge in [-0.25, -0.2) is 0 Å². The van der Waals surface area contributed by atoms with Gasteiger partial charge < -0.3 is 4.90 Å². The van der Waals surface area contributed by atoms with Gasteiger partial charge in [0, 0.05) is 26.4 Å². The van der Waals surface area contributed by atoms with E-state index in [4.69, 9.17) is 0 Å². The molecular weight excluding hydrogens is 184 g/mol. The molecule has 1 unspecified atom stereocenters. The molecule has 2 rings (SSSR count). The number of nitrogens with one attached hydrogen (secondary N) is 1. The fourth-order valence-corrected chi connectivity index (χ4v) is 2.13. The average Bonchev–Trinajstić information content (AvgIpc) is 2.39. The van der Waals surface area contributed by atoms with Gasteiger partial charge in [0.15, 0.2) is 0 Å². The summed E-state index contributed by atoms with van der Waals surface area (Å²) in [6.07, 6.45) is 1.07. The van der Waals surface area contributed by atoms with Crippen molar-refractivity contribution in [2.45, 2.75) is 19.3 Å². The number of carbonyl (C=O) groups excluding carboxylic acids is 3. The topological polar surface area (TPSA) is 66.5 Å². The van der Waals surface area contributed by atoms with Crippen molar-refractivity contribution >= 4 is 17.7 Å². The average molecular weight is 196 g/mol. The SMILES string of the molecule is CN1CC2(CCC(=O)NC2=O)CC1=O. The summed E-state index contributed by atoms with van der Waals surface area (Å²) in [6.45, 7) is 0.435. The van der Waals surface area contributed by atoms with Gasteiger partial charge in [0.25, 0.3) is 0 Å². The number of hydrogen-bond donors (Lipinski definition) is 1. The van der Waals surface area contributed by atoms with Crippen molar-refractivity contribution in [1.82, 2.24) is 10.2 Å². The third-order valence-electron chi connectivity index (χ3n) is 3.02. The molecular formula is C9H12N2O3. The van der Waals surface area contributed by atoms with E-state index in [2.05, 4.69) is 5.32 Å². The van der Waals surface area contributed by atoms with Crippen LogP contribution in [0.3, 0.4) is 0 Å². The molecule has 0 saturated carbocycles. The van der Waals surface area contributed by atoms with Gasteiger partial charge in [-0.2, -0.15) is 0 Å². The van der Waals surface area contributed by atoms with Crippen LogP contribution in [0.15, 0.2) is 0 Å². The van der Waals surface area contributed by atoms with Crippen molar-refractivity contribution in [2.75, 3.05) is 13.6 Å². The van der Waals surface area contributed by atoms with E-state index in [-0.39, 0.29) is 24.1 Å². The molecule has 76 valence electrons. The molecule has 0 aromatic carbocycles. The van der Waals surface area contributed by atoms with Crippen LogP contribution in [-0.2, 0) is 14.4 Å². The van der Waals surface area contributed by atoms with Crippen LogP contribution in [0.1, 0.15) is 19.3 Å².